The van der Waals surface area contributed by atoms with Gasteiger partial charge in [0.25, 0.3) is 0 Å². The van der Waals surface area contributed by atoms with Gasteiger partial charge in [-0.1, -0.05) is 71.0 Å². The molecule has 0 N–H and O–H groups in total. The Labute approximate surface area is 118 Å². The highest BCUT2D eigenvalue weighted by Crippen LogP contribution is 2.02. The highest BCUT2D eigenvalue weighted by atomic mass is 28.3. The van der Waals surface area contributed by atoms with Gasteiger partial charge in [0.2, 0.25) is 0 Å². The number of rotatable bonds is 6. The summed E-state index contributed by atoms with van der Waals surface area (Å²) in [5.74, 6) is 0. The molecule has 1 radical (unpaired) electrons. The van der Waals surface area contributed by atoms with Crippen LogP contribution in [0.4, 0.5) is 0 Å². The van der Waals surface area contributed by atoms with Gasteiger partial charge in [-0.2, -0.15) is 0 Å². The molecule has 0 heterocycles. The standard InChI is InChI=1S/C17H22NSi/c1-18(2)14-9-15-19(16-10-5-3-6-11-16)17-12-7-4-8-13-17/h3-8,10-13H,9,14-15H2,1-2H3. The molecule has 2 rings (SSSR count). The molecule has 99 valence electrons. The van der Waals surface area contributed by atoms with E-state index < -0.39 is 8.80 Å². The fourth-order valence-electron chi connectivity index (χ4n) is 2.31. The van der Waals surface area contributed by atoms with E-state index in [0.29, 0.717) is 0 Å². The van der Waals surface area contributed by atoms with E-state index in [1.54, 1.807) is 0 Å². The summed E-state index contributed by atoms with van der Waals surface area (Å²) in [6.07, 6.45) is 1.27. The molecule has 0 unspecified atom stereocenters. The maximum atomic E-state index is 2.29. The lowest BCUT2D eigenvalue weighted by Crippen LogP contribution is -2.42. The number of benzene rings is 2. The van der Waals surface area contributed by atoms with Crippen molar-refractivity contribution >= 4 is 19.2 Å². The van der Waals surface area contributed by atoms with Crippen LogP contribution in [0, 0.1) is 0 Å². The van der Waals surface area contributed by atoms with E-state index in [1.807, 2.05) is 0 Å². The van der Waals surface area contributed by atoms with Crippen molar-refractivity contribution < 1.29 is 0 Å². The largest absolute Gasteiger partial charge is 0.309 e. The average Bonchev–Trinajstić information content (AvgIpc) is 2.45. The molecule has 0 fully saturated rings. The van der Waals surface area contributed by atoms with E-state index in [9.17, 15) is 0 Å². The SMILES string of the molecule is CN(C)CCC[Si](c1ccccc1)c1ccccc1. The van der Waals surface area contributed by atoms with Gasteiger partial charge < -0.3 is 4.90 Å². The molecule has 1 nitrogen and oxygen atoms in total. The second-order valence-corrected chi connectivity index (χ2v) is 7.73. The molecule has 0 amide bonds. The normalized spacial score (nSPS) is 11.2. The third-order valence-electron chi connectivity index (χ3n) is 3.28. The summed E-state index contributed by atoms with van der Waals surface area (Å²) < 4.78 is 0. The minimum atomic E-state index is -0.622. The zero-order valence-electron chi connectivity index (χ0n) is 11.8. The van der Waals surface area contributed by atoms with Crippen LogP contribution in [0.25, 0.3) is 0 Å². The second-order valence-electron chi connectivity index (χ2n) is 5.12. The zero-order valence-corrected chi connectivity index (χ0v) is 12.8. The first-order valence-electron chi connectivity index (χ1n) is 6.89. The topological polar surface area (TPSA) is 3.24 Å². The van der Waals surface area contributed by atoms with Crippen LogP contribution in [0.1, 0.15) is 6.42 Å². The van der Waals surface area contributed by atoms with Crippen molar-refractivity contribution in [3.8, 4) is 0 Å². The van der Waals surface area contributed by atoms with Gasteiger partial charge in [-0.05, 0) is 33.1 Å². The van der Waals surface area contributed by atoms with E-state index >= 15 is 0 Å². The lowest BCUT2D eigenvalue weighted by Gasteiger charge is -2.17. The van der Waals surface area contributed by atoms with Gasteiger partial charge in [0, 0.05) is 0 Å². The van der Waals surface area contributed by atoms with Gasteiger partial charge in [-0.15, -0.1) is 0 Å². The van der Waals surface area contributed by atoms with E-state index in [-0.39, 0.29) is 0 Å². The molecule has 0 saturated carbocycles. The van der Waals surface area contributed by atoms with Gasteiger partial charge in [0.1, 0.15) is 8.80 Å². The van der Waals surface area contributed by atoms with Crippen molar-refractivity contribution in [1.29, 1.82) is 0 Å². The predicted octanol–water partition coefficient (Wildman–Crippen LogP) is 2.25. The Kier molecular flexibility index (Phi) is 5.37. The van der Waals surface area contributed by atoms with Crippen LogP contribution in [-0.4, -0.2) is 34.3 Å². The van der Waals surface area contributed by atoms with Crippen LogP contribution >= 0.6 is 0 Å². The van der Waals surface area contributed by atoms with Gasteiger partial charge in [0.15, 0.2) is 0 Å². The highest BCUT2D eigenvalue weighted by molar-refractivity contribution is 6.85. The van der Waals surface area contributed by atoms with Gasteiger partial charge in [-0.3, -0.25) is 0 Å². The number of nitrogens with zero attached hydrogens (tertiary/aromatic N) is 1. The summed E-state index contributed by atoms with van der Waals surface area (Å²) >= 11 is 0. The van der Waals surface area contributed by atoms with Crippen LogP contribution < -0.4 is 10.4 Å². The predicted molar refractivity (Wildman–Crippen MR) is 85.9 cm³/mol. The summed E-state index contributed by atoms with van der Waals surface area (Å²) in [5.41, 5.74) is 0. The smallest absolute Gasteiger partial charge is 0.121 e. The van der Waals surface area contributed by atoms with Crippen LogP contribution in [-0.2, 0) is 0 Å². The Bertz CT molecular complexity index is 428. The molecule has 2 aromatic carbocycles. The molecule has 0 aliphatic rings. The Morgan fingerprint density at radius 1 is 0.789 bits per heavy atom. The maximum absolute atomic E-state index is 2.29. The first-order chi connectivity index (χ1) is 9.27. The van der Waals surface area contributed by atoms with Crippen LogP contribution in [0.2, 0.25) is 6.04 Å². The zero-order chi connectivity index (χ0) is 13.5. The summed E-state index contributed by atoms with van der Waals surface area (Å²) in [4.78, 5) is 2.27. The van der Waals surface area contributed by atoms with Crippen molar-refractivity contribution in [2.45, 2.75) is 12.5 Å². The second kappa shape index (κ2) is 7.27. The van der Waals surface area contributed by atoms with Gasteiger partial charge >= 0.3 is 0 Å². The summed E-state index contributed by atoms with van der Waals surface area (Å²) in [5, 5.41) is 3.05. The van der Waals surface area contributed by atoms with Crippen LogP contribution in [0.3, 0.4) is 0 Å². The van der Waals surface area contributed by atoms with Crippen molar-refractivity contribution in [3.63, 3.8) is 0 Å². The third-order valence-corrected chi connectivity index (χ3v) is 6.19. The molecule has 2 heteroatoms. The van der Waals surface area contributed by atoms with E-state index in [1.165, 1.54) is 29.4 Å². The Morgan fingerprint density at radius 3 is 1.68 bits per heavy atom. The van der Waals surface area contributed by atoms with Crippen molar-refractivity contribution in [2.75, 3.05) is 20.6 Å². The lowest BCUT2D eigenvalue weighted by atomic mass is 10.4. The molecule has 0 aromatic heterocycles. The van der Waals surface area contributed by atoms with Crippen molar-refractivity contribution in [1.82, 2.24) is 4.90 Å². The molecule has 0 aliphatic heterocycles. The molecule has 0 bridgehead atoms. The van der Waals surface area contributed by atoms with Crippen LogP contribution in [0.15, 0.2) is 60.7 Å². The molecule has 2 aromatic rings. The van der Waals surface area contributed by atoms with E-state index in [0.717, 1.165) is 0 Å². The molecule has 0 aliphatic carbocycles. The number of hydrogen-bond donors (Lipinski definition) is 0. The van der Waals surface area contributed by atoms with Gasteiger partial charge in [0.05, 0.1) is 0 Å². The van der Waals surface area contributed by atoms with E-state index in [4.69, 9.17) is 0 Å². The summed E-state index contributed by atoms with van der Waals surface area (Å²) in [6.45, 7) is 1.17. The van der Waals surface area contributed by atoms with Gasteiger partial charge in [-0.25, -0.2) is 0 Å². The molecular weight excluding hydrogens is 246 g/mol. The minimum absolute atomic E-state index is 0.622. The highest BCUT2D eigenvalue weighted by Gasteiger charge is 2.15. The first kappa shape index (κ1) is 14.0. The Balaban J connectivity index is 2.14. The number of hydrogen-bond acceptors (Lipinski definition) is 1. The molecule has 0 spiro atoms. The molecule has 19 heavy (non-hydrogen) atoms. The minimum Gasteiger partial charge on any atom is -0.309 e. The average molecular weight is 268 g/mol. The summed E-state index contributed by atoms with van der Waals surface area (Å²) in [7, 11) is 3.68. The lowest BCUT2D eigenvalue weighted by molar-refractivity contribution is 0.408. The van der Waals surface area contributed by atoms with Crippen LogP contribution in [0.5, 0.6) is 0 Å². The van der Waals surface area contributed by atoms with E-state index in [2.05, 4.69) is 79.7 Å². The van der Waals surface area contributed by atoms with Crippen molar-refractivity contribution in [2.24, 2.45) is 0 Å². The first-order valence-corrected chi connectivity index (χ1v) is 8.59. The third kappa shape index (κ3) is 4.34. The molecular formula is C17H22NSi. The maximum Gasteiger partial charge on any atom is 0.121 e. The quantitative estimate of drug-likeness (QED) is 0.726. The molecule has 0 saturated heterocycles. The molecule has 0 atom stereocenters. The Morgan fingerprint density at radius 2 is 1.26 bits per heavy atom. The fraction of sp³-hybridized carbons (Fsp3) is 0.294. The van der Waals surface area contributed by atoms with Crippen molar-refractivity contribution in [3.05, 3.63) is 60.7 Å². The fourth-order valence-corrected chi connectivity index (χ4v) is 4.92. The Hall–Kier alpha value is -1.38. The summed E-state index contributed by atoms with van der Waals surface area (Å²) in [6, 6.07) is 23.3. The monoisotopic (exact) mass is 268 g/mol.